The normalized spacial score (nSPS) is 14.3. The summed E-state index contributed by atoms with van der Waals surface area (Å²) in [7, 11) is 0. The lowest BCUT2D eigenvalue weighted by molar-refractivity contribution is -0.141. The van der Waals surface area contributed by atoms with Crippen LogP contribution in [0.5, 0.6) is 5.75 Å². The molecule has 2 aromatic rings. The van der Waals surface area contributed by atoms with Crippen LogP contribution in [0.3, 0.4) is 0 Å². The molecular weight excluding hydrogens is 448 g/mol. The van der Waals surface area contributed by atoms with Gasteiger partial charge in [0.1, 0.15) is 23.9 Å². The van der Waals surface area contributed by atoms with Gasteiger partial charge in [0.2, 0.25) is 17.7 Å². The number of carboxylic acid groups (broad SMARTS) is 1. The second-order valence-electron chi connectivity index (χ2n) is 7.66. The summed E-state index contributed by atoms with van der Waals surface area (Å²) in [6, 6.07) is 2.18. The van der Waals surface area contributed by atoms with Crippen molar-refractivity contribution in [2.24, 2.45) is 5.73 Å². The molecule has 0 saturated carbocycles. The minimum absolute atomic E-state index is 0.00429. The first-order valence-corrected chi connectivity index (χ1v) is 10.4. The molecule has 0 aliphatic carbocycles. The highest BCUT2D eigenvalue weighted by Gasteiger charge is 2.27. The number of aromatic amines is 1. The summed E-state index contributed by atoms with van der Waals surface area (Å²) in [5.41, 5.74) is 6.71. The van der Waals surface area contributed by atoms with Crippen molar-refractivity contribution >= 4 is 23.7 Å². The number of nitrogens with zero attached hydrogens (tertiary/aromatic N) is 1. The monoisotopic (exact) mass is 476 g/mol. The van der Waals surface area contributed by atoms with Crippen molar-refractivity contribution in [3.63, 3.8) is 0 Å². The third-order valence-electron chi connectivity index (χ3n) is 4.87. The number of carbonyl (C=O) groups excluding carboxylic acids is 3. The summed E-state index contributed by atoms with van der Waals surface area (Å²) in [5.74, 6) is -3.50. The summed E-state index contributed by atoms with van der Waals surface area (Å²) < 4.78 is 0. The van der Waals surface area contributed by atoms with E-state index < -0.39 is 54.5 Å². The van der Waals surface area contributed by atoms with Crippen molar-refractivity contribution in [1.82, 2.24) is 25.9 Å². The van der Waals surface area contributed by atoms with E-state index in [-0.39, 0.29) is 18.6 Å². The number of nitrogens with one attached hydrogen (secondary N) is 4. The van der Waals surface area contributed by atoms with E-state index in [4.69, 9.17) is 5.73 Å². The van der Waals surface area contributed by atoms with E-state index in [1.807, 2.05) is 0 Å². The Hall–Kier alpha value is -3.97. The molecule has 4 unspecified atom stereocenters. The summed E-state index contributed by atoms with van der Waals surface area (Å²) >= 11 is 0. The van der Waals surface area contributed by atoms with Crippen LogP contribution in [0.25, 0.3) is 0 Å². The number of imidazole rings is 1. The molecular formula is C21H28N6O7. The van der Waals surface area contributed by atoms with Crippen LogP contribution in [0.2, 0.25) is 0 Å². The van der Waals surface area contributed by atoms with Crippen molar-refractivity contribution < 1.29 is 34.5 Å². The maximum Gasteiger partial charge on any atom is 0.326 e. The molecule has 0 bridgehead atoms. The summed E-state index contributed by atoms with van der Waals surface area (Å²) in [4.78, 5) is 55.3. The zero-order valence-electron chi connectivity index (χ0n) is 18.4. The molecule has 1 aromatic carbocycles. The number of carbonyl (C=O) groups is 4. The highest BCUT2D eigenvalue weighted by molar-refractivity contribution is 5.92. The van der Waals surface area contributed by atoms with Gasteiger partial charge in [0.15, 0.2) is 0 Å². The first-order chi connectivity index (χ1) is 16.1. The Balaban J connectivity index is 1.97. The van der Waals surface area contributed by atoms with Gasteiger partial charge in [-0.05, 0) is 24.6 Å². The molecule has 1 aromatic heterocycles. The third kappa shape index (κ3) is 8.18. The number of benzene rings is 1. The van der Waals surface area contributed by atoms with E-state index in [0.29, 0.717) is 11.3 Å². The number of aliphatic hydroxyl groups is 1. The number of phenolic OH excluding ortho intramolecular Hbond substituents is 1. The molecule has 0 aliphatic rings. The molecule has 3 amide bonds. The number of aliphatic hydroxyl groups excluding tert-OH is 1. The molecule has 0 saturated heterocycles. The van der Waals surface area contributed by atoms with Crippen LogP contribution in [0.1, 0.15) is 18.2 Å². The topological polar surface area (TPSA) is 220 Å². The average Bonchev–Trinajstić information content (AvgIpc) is 3.30. The number of hydrogen-bond acceptors (Lipinski definition) is 8. The second kappa shape index (κ2) is 12.3. The molecule has 9 N–H and O–H groups in total. The Morgan fingerprint density at radius 1 is 1.06 bits per heavy atom. The largest absolute Gasteiger partial charge is 0.508 e. The standard InChI is InChI=1S/C21H28N6O7/c1-11(28)18(22)20(32)27-15(7-13-8-23-10-25-13)19(31)24-9-17(30)26-16(21(33)34)6-12-2-4-14(29)5-3-12/h2-5,8,10-11,15-16,18,28-29H,6-7,9,22H2,1H3,(H,23,25)(H,24,31)(H,26,30)(H,27,32)(H,33,34). The molecule has 0 spiro atoms. The van der Waals surface area contributed by atoms with Crippen LogP contribution in [-0.2, 0) is 32.0 Å². The van der Waals surface area contributed by atoms with Crippen molar-refractivity contribution in [2.45, 2.75) is 44.0 Å². The summed E-state index contributed by atoms with van der Waals surface area (Å²) in [5, 5.41) is 35.3. The van der Waals surface area contributed by atoms with Gasteiger partial charge in [-0.15, -0.1) is 0 Å². The van der Waals surface area contributed by atoms with E-state index in [1.54, 1.807) is 0 Å². The number of carboxylic acids is 1. The van der Waals surface area contributed by atoms with Gasteiger partial charge in [0.25, 0.3) is 0 Å². The maximum absolute atomic E-state index is 12.7. The Morgan fingerprint density at radius 3 is 2.29 bits per heavy atom. The third-order valence-corrected chi connectivity index (χ3v) is 4.87. The zero-order valence-corrected chi connectivity index (χ0v) is 18.4. The number of amides is 3. The number of hydrogen-bond donors (Lipinski definition) is 8. The van der Waals surface area contributed by atoms with Gasteiger partial charge in [0.05, 0.1) is 19.0 Å². The van der Waals surface area contributed by atoms with Crippen LogP contribution < -0.4 is 21.7 Å². The lowest BCUT2D eigenvalue weighted by atomic mass is 10.1. The highest BCUT2D eigenvalue weighted by atomic mass is 16.4. The molecule has 0 aliphatic heterocycles. The number of aromatic hydroxyl groups is 1. The van der Waals surface area contributed by atoms with E-state index in [9.17, 15) is 34.5 Å². The molecule has 2 rings (SSSR count). The van der Waals surface area contributed by atoms with Crippen LogP contribution in [0, 0.1) is 0 Å². The Morgan fingerprint density at radius 2 is 1.74 bits per heavy atom. The van der Waals surface area contributed by atoms with Crippen molar-refractivity contribution in [3.8, 4) is 5.75 Å². The average molecular weight is 476 g/mol. The van der Waals surface area contributed by atoms with Gasteiger partial charge in [-0.1, -0.05) is 12.1 Å². The molecule has 0 fully saturated rings. The molecule has 4 atom stereocenters. The maximum atomic E-state index is 12.7. The van der Waals surface area contributed by atoms with Crippen LogP contribution in [0.4, 0.5) is 0 Å². The Kier molecular flexibility index (Phi) is 9.52. The fourth-order valence-corrected chi connectivity index (χ4v) is 2.92. The Bertz CT molecular complexity index is 978. The molecule has 1 heterocycles. The number of rotatable bonds is 12. The molecule has 13 nitrogen and oxygen atoms in total. The van der Waals surface area contributed by atoms with Gasteiger partial charge < -0.3 is 42.0 Å². The van der Waals surface area contributed by atoms with E-state index in [1.165, 1.54) is 43.7 Å². The number of aromatic nitrogens is 2. The minimum Gasteiger partial charge on any atom is -0.508 e. The van der Waals surface area contributed by atoms with E-state index in [0.717, 1.165) is 0 Å². The smallest absolute Gasteiger partial charge is 0.326 e. The van der Waals surface area contributed by atoms with Gasteiger partial charge in [-0.3, -0.25) is 14.4 Å². The number of nitrogens with two attached hydrogens (primary N) is 1. The van der Waals surface area contributed by atoms with Crippen molar-refractivity contribution in [3.05, 3.63) is 48.0 Å². The van der Waals surface area contributed by atoms with Crippen molar-refractivity contribution in [1.29, 1.82) is 0 Å². The number of H-pyrrole nitrogens is 1. The summed E-state index contributed by atoms with van der Waals surface area (Å²) in [6.45, 7) is 0.783. The first kappa shape index (κ1) is 26.3. The lowest BCUT2D eigenvalue weighted by Gasteiger charge is -2.21. The Labute approximate surface area is 194 Å². The second-order valence-corrected chi connectivity index (χ2v) is 7.66. The predicted octanol–water partition coefficient (Wildman–Crippen LogP) is -2.22. The highest BCUT2D eigenvalue weighted by Crippen LogP contribution is 2.11. The van der Waals surface area contributed by atoms with Crippen molar-refractivity contribution in [2.75, 3.05) is 6.54 Å². The molecule has 0 radical (unpaired) electrons. The van der Waals surface area contributed by atoms with E-state index in [2.05, 4.69) is 25.9 Å². The minimum atomic E-state index is -1.27. The van der Waals surface area contributed by atoms with Crippen LogP contribution in [-0.4, -0.2) is 79.8 Å². The lowest BCUT2D eigenvalue weighted by Crippen LogP contribution is -2.56. The van der Waals surface area contributed by atoms with E-state index >= 15 is 0 Å². The molecule has 184 valence electrons. The van der Waals surface area contributed by atoms with Gasteiger partial charge in [-0.25, -0.2) is 9.78 Å². The first-order valence-electron chi connectivity index (χ1n) is 10.4. The zero-order chi connectivity index (χ0) is 25.3. The SMILES string of the molecule is CC(O)C(N)C(=O)NC(Cc1cnc[nH]1)C(=O)NCC(=O)NC(Cc1ccc(O)cc1)C(=O)O. The van der Waals surface area contributed by atoms with Crippen LogP contribution in [0.15, 0.2) is 36.8 Å². The number of aliphatic carboxylic acids is 1. The van der Waals surface area contributed by atoms with Gasteiger partial charge >= 0.3 is 5.97 Å². The van der Waals surface area contributed by atoms with Gasteiger partial charge in [-0.2, -0.15) is 0 Å². The summed E-state index contributed by atoms with van der Waals surface area (Å²) in [6.07, 6.45) is 1.66. The molecule has 13 heteroatoms. The predicted molar refractivity (Wildman–Crippen MR) is 118 cm³/mol. The molecule has 34 heavy (non-hydrogen) atoms. The fourth-order valence-electron chi connectivity index (χ4n) is 2.92. The number of phenols is 1. The fraction of sp³-hybridized carbons (Fsp3) is 0.381. The quantitative estimate of drug-likeness (QED) is 0.166. The van der Waals surface area contributed by atoms with Crippen LogP contribution >= 0.6 is 0 Å². The van der Waals surface area contributed by atoms with Gasteiger partial charge in [0, 0.05) is 24.7 Å².